The highest BCUT2D eigenvalue weighted by molar-refractivity contribution is 6.30. The van der Waals surface area contributed by atoms with Gasteiger partial charge in [0.2, 0.25) is 0 Å². The summed E-state index contributed by atoms with van der Waals surface area (Å²) in [4.78, 5) is 5.25. The highest BCUT2D eigenvalue weighted by Gasteiger charge is 2.30. The molecule has 0 N–H and O–H groups in total. The number of anilines is 6. The summed E-state index contributed by atoms with van der Waals surface area (Å²) in [5, 5.41) is 7.54. The van der Waals surface area contributed by atoms with E-state index in [0.717, 1.165) is 67.5 Å². The van der Waals surface area contributed by atoms with Gasteiger partial charge in [-0.25, -0.2) is 0 Å². The van der Waals surface area contributed by atoms with Gasteiger partial charge in [-0.15, -0.1) is 0 Å². The third-order valence-electron chi connectivity index (χ3n) is 18.3. The molecule has 0 spiro atoms. The number of hydrogen-bond acceptors (Lipinski definition) is 2. The minimum Gasteiger partial charge on any atom is -0.309 e. The molecule has 0 saturated heterocycles. The van der Waals surface area contributed by atoms with Gasteiger partial charge in [0.05, 0.1) is 22.7 Å². The summed E-state index contributed by atoms with van der Waals surface area (Å²) < 4.78 is 0. The van der Waals surface area contributed by atoms with Crippen molar-refractivity contribution in [1.29, 1.82) is 0 Å². The van der Waals surface area contributed by atoms with E-state index in [4.69, 9.17) is 0 Å². The molecule has 0 heterocycles. The third-order valence-corrected chi connectivity index (χ3v) is 18.3. The maximum Gasteiger partial charge on any atom is 0.0546 e. The Hall–Kier alpha value is -10.3. The summed E-state index contributed by atoms with van der Waals surface area (Å²) in [7, 11) is 0. The van der Waals surface area contributed by atoms with Crippen LogP contribution in [0.4, 0.5) is 34.1 Å². The third kappa shape index (κ3) is 9.99. The van der Waals surface area contributed by atoms with Gasteiger partial charge < -0.3 is 9.80 Å². The first-order valence-electron chi connectivity index (χ1n) is 31.2. The fourth-order valence-corrected chi connectivity index (χ4v) is 13.7. The molecule has 0 bridgehead atoms. The molecule has 14 aromatic rings. The summed E-state index contributed by atoms with van der Waals surface area (Å²) >= 11 is 0. The quantitative estimate of drug-likeness (QED) is 0.100. The van der Waals surface area contributed by atoms with Crippen LogP contribution < -0.4 is 9.80 Å². The highest BCUT2D eigenvalue weighted by atomic mass is 15.2. The minimum absolute atomic E-state index is 0.190. The van der Waals surface area contributed by atoms with E-state index < -0.39 is 0 Å². The van der Waals surface area contributed by atoms with Crippen molar-refractivity contribution in [3.8, 4) is 66.8 Å². The predicted molar refractivity (Wildman–Crippen MR) is 379 cm³/mol. The Kier molecular flexibility index (Phi) is 14.6. The smallest absolute Gasteiger partial charge is 0.0546 e. The fourth-order valence-electron chi connectivity index (χ4n) is 13.7. The Labute approximate surface area is 519 Å². The predicted octanol–water partition coefficient (Wildman–Crippen LogP) is 25.0. The first-order chi connectivity index (χ1) is 43.0. The lowest BCUT2D eigenvalue weighted by Gasteiger charge is -2.34. The van der Waals surface area contributed by atoms with Gasteiger partial charge in [0.1, 0.15) is 0 Å². The summed E-state index contributed by atoms with van der Waals surface area (Å²) in [6.45, 7) is 18.5. The first-order valence-corrected chi connectivity index (χ1v) is 31.2. The topological polar surface area (TPSA) is 6.48 Å². The van der Waals surface area contributed by atoms with E-state index in [9.17, 15) is 0 Å². The lowest BCUT2D eigenvalue weighted by atomic mass is 9.83. The lowest BCUT2D eigenvalue weighted by Crippen LogP contribution is -2.15. The summed E-state index contributed by atoms with van der Waals surface area (Å²) in [5.41, 5.74) is 28.4. The number of benzene rings is 14. The van der Waals surface area contributed by atoms with Crippen LogP contribution in [0.15, 0.2) is 279 Å². The monoisotopic (exact) mass is 1130 g/mol. The Morgan fingerprint density at radius 3 is 0.898 bits per heavy atom. The number of rotatable bonds is 14. The molecule has 0 amide bonds. The molecule has 0 aromatic heterocycles. The second-order valence-electron chi connectivity index (χ2n) is 24.6. The van der Waals surface area contributed by atoms with E-state index in [-0.39, 0.29) is 11.8 Å². The van der Waals surface area contributed by atoms with Crippen molar-refractivity contribution in [2.24, 2.45) is 0 Å². The average molecular weight is 1130 g/mol. The summed E-state index contributed by atoms with van der Waals surface area (Å²) in [6.07, 6.45) is 0. The average Bonchev–Trinajstić information content (AvgIpc) is 0.751. The van der Waals surface area contributed by atoms with Crippen LogP contribution in [0.1, 0.15) is 72.9 Å². The molecule has 0 aliphatic heterocycles. The maximum absolute atomic E-state index is 2.63. The van der Waals surface area contributed by atoms with Gasteiger partial charge in [-0.2, -0.15) is 0 Å². The minimum atomic E-state index is 0.190. The zero-order valence-corrected chi connectivity index (χ0v) is 51.6. The Morgan fingerprint density at radius 1 is 0.216 bits per heavy atom. The molecule has 14 rings (SSSR count). The van der Waals surface area contributed by atoms with Crippen LogP contribution in [-0.2, 0) is 0 Å². The Bertz CT molecular complexity index is 4570. The van der Waals surface area contributed by atoms with Gasteiger partial charge in [-0.1, -0.05) is 270 Å². The highest BCUT2D eigenvalue weighted by Crippen LogP contribution is 2.55. The van der Waals surface area contributed by atoms with E-state index in [1.54, 1.807) is 0 Å². The van der Waals surface area contributed by atoms with Gasteiger partial charge >= 0.3 is 0 Å². The number of aryl methyl sites for hydroxylation is 4. The van der Waals surface area contributed by atoms with Gasteiger partial charge in [0.15, 0.2) is 0 Å². The molecule has 0 aliphatic rings. The van der Waals surface area contributed by atoms with Crippen molar-refractivity contribution in [2.75, 3.05) is 9.80 Å². The van der Waals surface area contributed by atoms with Crippen molar-refractivity contribution in [3.63, 3.8) is 0 Å². The van der Waals surface area contributed by atoms with Crippen LogP contribution in [0, 0.1) is 27.7 Å². The molecule has 14 aromatic carbocycles. The van der Waals surface area contributed by atoms with E-state index in [1.807, 2.05) is 0 Å². The molecule has 0 fully saturated rings. The van der Waals surface area contributed by atoms with Crippen molar-refractivity contribution in [1.82, 2.24) is 0 Å². The molecule has 0 radical (unpaired) electrons. The number of nitrogens with zero attached hydrogens (tertiary/aromatic N) is 2. The Morgan fingerprint density at radius 2 is 0.534 bits per heavy atom. The van der Waals surface area contributed by atoms with Crippen LogP contribution in [0.3, 0.4) is 0 Å². The molecule has 88 heavy (non-hydrogen) atoms. The standard InChI is InChI=1S/C86H72N2/c1-55(2)77-53-83(87(79-51-67(39-37-59(79)7)69-35-23-21-25-57(69)5)81-49-65(61-27-13-9-14-28-61)41-43-71(81)63-31-17-11-18-32-63)75-48-46-74-78(56(3)4)54-84(76-47-45-73(77)85(75)86(74)76)88(80-52-68(40-38-60(80)8)70-36-24-22-26-58(70)6)82-50-66(62-29-15-10-16-30-62)42-44-72(82)64-33-19-12-20-34-64/h9-56H,1-8H3. The van der Waals surface area contributed by atoms with Gasteiger partial charge in [0, 0.05) is 33.3 Å². The summed E-state index contributed by atoms with van der Waals surface area (Å²) in [5.74, 6) is 0.380. The van der Waals surface area contributed by atoms with Gasteiger partial charge in [-0.3, -0.25) is 0 Å². The molecule has 426 valence electrons. The van der Waals surface area contributed by atoms with E-state index in [2.05, 4.69) is 344 Å². The molecule has 2 nitrogen and oxygen atoms in total. The van der Waals surface area contributed by atoms with Crippen molar-refractivity contribution < 1.29 is 0 Å². The molecular weight excluding hydrogens is 1060 g/mol. The molecular formula is C86H72N2. The molecule has 0 aliphatic carbocycles. The van der Waals surface area contributed by atoms with Crippen LogP contribution in [0.2, 0.25) is 0 Å². The zero-order valence-electron chi connectivity index (χ0n) is 51.6. The fraction of sp³-hybridized carbons (Fsp3) is 0.116. The zero-order chi connectivity index (χ0) is 60.2. The van der Waals surface area contributed by atoms with Gasteiger partial charge in [0.25, 0.3) is 0 Å². The van der Waals surface area contributed by atoms with Crippen LogP contribution in [0.25, 0.3) is 99.1 Å². The Balaban J connectivity index is 1.13. The molecule has 0 saturated carbocycles. The van der Waals surface area contributed by atoms with E-state index >= 15 is 0 Å². The lowest BCUT2D eigenvalue weighted by molar-refractivity contribution is 0.875. The summed E-state index contributed by atoms with van der Waals surface area (Å²) in [6, 6.07) is 105. The van der Waals surface area contributed by atoms with Crippen LogP contribution in [-0.4, -0.2) is 0 Å². The van der Waals surface area contributed by atoms with Crippen molar-refractivity contribution >= 4 is 66.4 Å². The largest absolute Gasteiger partial charge is 0.309 e. The van der Waals surface area contributed by atoms with Crippen molar-refractivity contribution in [2.45, 2.75) is 67.2 Å². The van der Waals surface area contributed by atoms with Crippen LogP contribution in [0.5, 0.6) is 0 Å². The van der Waals surface area contributed by atoms with Crippen molar-refractivity contribution in [3.05, 3.63) is 312 Å². The molecule has 2 heteroatoms. The SMILES string of the molecule is Cc1ccccc1-c1ccc(C)c(N(c2cc(-c3ccccc3)ccc2-c2ccccc2)c2cc(C(C)C)c3ccc4c(N(c5cc(-c6ccccc6C)ccc5C)c5cc(-c6ccccc6)ccc5-c5ccccc5)cc(C(C)C)c5ccc2c3c54)c1. The van der Waals surface area contributed by atoms with E-state index in [0.29, 0.717) is 0 Å². The van der Waals surface area contributed by atoms with Gasteiger partial charge in [-0.05, 0) is 186 Å². The maximum atomic E-state index is 2.63. The first kappa shape index (κ1) is 55.6. The number of hydrogen-bond donors (Lipinski definition) is 0. The second kappa shape index (κ2) is 23.2. The second-order valence-corrected chi connectivity index (χ2v) is 24.6. The van der Waals surface area contributed by atoms with Crippen LogP contribution >= 0.6 is 0 Å². The normalized spacial score (nSPS) is 11.6. The van der Waals surface area contributed by atoms with E-state index in [1.165, 1.54) is 99.1 Å². The molecule has 0 unspecified atom stereocenters. The molecule has 0 atom stereocenters.